The molecule has 0 aliphatic heterocycles. The molecule has 2 aromatic carbocycles. The van der Waals surface area contributed by atoms with Gasteiger partial charge in [-0.25, -0.2) is 0 Å². The van der Waals surface area contributed by atoms with Gasteiger partial charge in [0.25, 0.3) is 5.91 Å². The minimum atomic E-state index is -0.177. The number of aromatic hydroxyl groups is 1. The van der Waals surface area contributed by atoms with Gasteiger partial charge in [-0.1, -0.05) is 12.1 Å². The van der Waals surface area contributed by atoms with Gasteiger partial charge in [0.2, 0.25) is 0 Å². The van der Waals surface area contributed by atoms with Crippen molar-refractivity contribution in [3.05, 3.63) is 57.6 Å². The predicted molar refractivity (Wildman–Crippen MR) is 79.7 cm³/mol. The topological polar surface area (TPSA) is 49.3 Å². The number of halogens is 1. The molecule has 0 saturated heterocycles. The fraction of sp³-hybridized carbons (Fsp3) is 0.133. The molecular formula is C15H14BrNO2. The summed E-state index contributed by atoms with van der Waals surface area (Å²) in [5.74, 6) is 0.0107. The normalized spacial score (nSPS) is 10.3. The van der Waals surface area contributed by atoms with E-state index in [0.29, 0.717) is 11.3 Å². The molecule has 2 rings (SSSR count). The fourth-order valence-corrected chi connectivity index (χ4v) is 2.24. The summed E-state index contributed by atoms with van der Waals surface area (Å²) in [6.45, 7) is 3.77. The molecule has 1 amide bonds. The molecule has 0 aliphatic rings. The van der Waals surface area contributed by atoms with Crippen LogP contribution in [0, 0.1) is 13.8 Å². The third-order valence-corrected chi connectivity index (χ3v) is 3.95. The van der Waals surface area contributed by atoms with Crippen LogP contribution in [0.3, 0.4) is 0 Å². The molecule has 0 fully saturated rings. The third kappa shape index (κ3) is 2.96. The lowest BCUT2D eigenvalue weighted by Crippen LogP contribution is -2.13. The van der Waals surface area contributed by atoms with Gasteiger partial charge in [-0.15, -0.1) is 0 Å². The number of benzene rings is 2. The number of carbonyl (C=O) groups excluding carboxylic acids is 1. The average Bonchev–Trinajstić information content (AvgIpc) is 2.36. The molecular weight excluding hydrogens is 306 g/mol. The van der Waals surface area contributed by atoms with E-state index in [2.05, 4.69) is 21.2 Å². The Labute approximate surface area is 120 Å². The van der Waals surface area contributed by atoms with Crippen LogP contribution in [-0.2, 0) is 0 Å². The predicted octanol–water partition coefficient (Wildman–Crippen LogP) is 4.02. The van der Waals surface area contributed by atoms with Crippen molar-refractivity contribution in [3.8, 4) is 5.75 Å². The second kappa shape index (κ2) is 5.45. The molecule has 0 aliphatic carbocycles. The highest BCUT2D eigenvalue weighted by Gasteiger charge is 2.12. The summed E-state index contributed by atoms with van der Waals surface area (Å²) in [5, 5.41) is 12.2. The summed E-state index contributed by atoms with van der Waals surface area (Å²) in [7, 11) is 0. The molecule has 0 saturated carbocycles. The molecule has 98 valence electrons. The van der Waals surface area contributed by atoms with Crippen LogP contribution >= 0.6 is 15.9 Å². The maximum Gasteiger partial charge on any atom is 0.256 e. The molecule has 4 heteroatoms. The van der Waals surface area contributed by atoms with Crippen molar-refractivity contribution in [3.63, 3.8) is 0 Å². The molecule has 0 bridgehead atoms. The Bertz CT molecular complexity index is 638. The number of hydrogen-bond acceptors (Lipinski definition) is 2. The molecule has 0 spiro atoms. The fourth-order valence-electron chi connectivity index (χ4n) is 1.80. The van der Waals surface area contributed by atoms with Gasteiger partial charge in [-0.2, -0.15) is 0 Å². The number of anilines is 1. The highest BCUT2D eigenvalue weighted by Crippen LogP contribution is 2.24. The first-order valence-corrected chi connectivity index (χ1v) is 6.64. The average molecular weight is 320 g/mol. The number of hydrogen-bond donors (Lipinski definition) is 2. The smallest absolute Gasteiger partial charge is 0.256 e. The second-order valence-electron chi connectivity index (χ2n) is 4.39. The lowest BCUT2D eigenvalue weighted by atomic mass is 10.1. The molecule has 19 heavy (non-hydrogen) atoms. The number of carbonyl (C=O) groups is 1. The van der Waals surface area contributed by atoms with Crippen molar-refractivity contribution in [2.75, 3.05) is 5.32 Å². The Balaban J connectivity index is 2.28. The van der Waals surface area contributed by atoms with Crippen molar-refractivity contribution >= 4 is 27.5 Å². The molecule has 0 heterocycles. The molecule has 0 radical (unpaired) electrons. The highest BCUT2D eigenvalue weighted by atomic mass is 79.9. The molecule has 0 unspecified atom stereocenters. The summed E-state index contributed by atoms with van der Waals surface area (Å²) < 4.78 is 0.795. The van der Waals surface area contributed by atoms with Gasteiger partial charge in [-0.05, 0) is 65.2 Å². The van der Waals surface area contributed by atoms with Crippen molar-refractivity contribution < 1.29 is 9.90 Å². The number of nitrogens with one attached hydrogen (secondary N) is 1. The van der Waals surface area contributed by atoms with Crippen LogP contribution in [0.5, 0.6) is 5.75 Å². The Kier molecular flexibility index (Phi) is 3.90. The zero-order chi connectivity index (χ0) is 14.0. The zero-order valence-electron chi connectivity index (χ0n) is 10.7. The first kappa shape index (κ1) is 13.6. The van der Waals surface area contributed by atoms with E-state index in [-0.39, 0.29) is 11.7 Å². The SMILES string of the molecule is Cc1cc(O)ccc1NC(=O)c1cccc(C)c1Br. The monoisotopic (exact) mass is 319 g/mol. The van der Waals surface area contributed by atoms with E-state index in [1.807, 2.05) is 26.0 Å². The van der Waals surface area contributed by atoms with E-state index in [0.717, 1.165) is 15.6 Å². The second-order valence-corrected chi connectivity index (χ2v) is 5.18. The van der Waals surface area contributed by atoms with Gasteiger partial charge >= 0.3 is 0 Å². The Morgan fingerprint density at radius 1 is 1.16 bits per heavy atom. The number of phenolic OH excluding ortho intramolecular Hbond substituents is 1. The Morgan fingerprint density at radius 3 is 2.58 bits per heavy atom. The molecule has 0 atom stereocenters. The van der Waals surface area contributed by atoms with Gasteiger partial charge in [0.1, 0.15) is 5.75 Å². The van der Waals surface area contributed by atoms with Crippen LogP contribution in [0.25, 0.3) is 0 Å². The molecule has 2 aromatic rings. The maximum absolute atomic E-state index is 12.2. The first-order valence-electron chi connectivity index (χ1n) is 5.85. The van der Waals surface area contributed by atoms with Crippen LogP contribution in [-0.4, -0.2) is 11.0 Å². The van der Waals surface area contributed by atoms with Crippen molar-refractivity contribution in [2.24, 2.45) is 0 Å². The van der Waals surface area contributed by atoms with Crippen molar-refractivity contribution in [1.29, 1.82) is 0 Å². The quantitative estimate of drug-likeness (QED) is 0.821. The highest BCUT2D eigenvalue weighted by molar-refractivity contribution is 9.10. The molecule has 0 aromatic heterocycles. The van der Waals surface area contributed by atoms with Crippen molar-refractivity contribution in [1.82, 2.24) is 0 Å². The Hall–Kier alpha value is -1.81. The van der Waals surface area contributed by atoms with E-state index in [1.54, 1.807) is 24.3 Å². The number of phenols is 1. The number of amides is 1. The lowest BCUT2D eigenvalue weighted by Gasteiger charge is -2.10. The zero-order valence-corrected chi connectivity index (χ0v) is 12.3. The molecule has 3 nitrogen and oxygen atoms in total. The van der Waals surface area contributed by atoms with Crippen LogP contribution in [0.15, 0.2) is 40.9 Å². The van der Waals surface area contributed by atoms with Crippen LogP contribution in [0.1, 0.15) is 21.5 Å². The summed E-state index contributed by atoms with van der Waals surface area (Å²) in [6, 6.07) is 10.4. The van der Waals surface area contributed by atoms with Gasteiger partial charge in [0.05, 0.1) is 5.56 Å². The molecule has 2 N–H and O–H groups in total. The summed E-state index contributed by atoms with van der Waals surface area (Å²) in [4.78, 5) is 12.2. The Morgan fingerprint density at radius 2 is 1.89 bits per heavy atom. The third-order valence-electron chi connectivity index (χ3n) is 2.89. The van der Waals surface area contributed by atoms with E-state index >= 15 is 0 Å². The van der Waals surface area contributed by atoms with E-state index < -0.39 is 0 Å². The standard InChI is InChI=1S/C15H14BrNO2/c1-9-4-3-5-12(14(9)16)15(19)17-13-7-6-11(18)8-10(13)2/h3-8,18H,1-2H3,(H,17,19). The largest absolute Gasteiger partial charge is 0.508 e. The number of rotatable bonds is 2. The van der Waals surface area contributed by atoms with E-state index in [1.165, 1.54) is 0 Å². The van der Waals surface area contributed by atoms with Crippen LogP contribution in [0.4, 0.5) is 5.69 Å². The van der Waals surface area contributed by atoms with Gasteiger partial charge in [-0.3, -0.25) is 4.79 Å². The van der Waals surface area contributed by atoms with E-state index in [9.17, 15) is 9.90 Å². The first-order chi connectivity index (χ1) is 8.99. The van der Waals surface area contributed by atoms with Crippen molar-refractivity contribution in [2.45, 2.75) is 13.8 Å². The van der Waals surface area contributed by atoms with E-state index in [4.69, 9.17) is 0 Å². The van der Waals surface area contributed by atoms with Crippen LogP contribution < -0.4 is 5.32 Å². The van der Waals surface area contributed by atoms with Crippen LogP contribution in [0.2, 0.25) is 0 Å². The van der Waals surface area contributed by atoms with Gasteiger partial charge in [0.15, 0.2) is 0 Å². The minimum Gasteiger partial charge on any atom is -0.508 e. The number of aryl methyl sites for hydroxylation is 2. The van der Waals surface area contributed by atoms with Gasteiger partial charge in [0, 0.05) is 10.2 Å². The summed E-state index contributed by atoms with van der Waals surface area (Å²) >= 11 is 3.42. The summed E-state index contributed by atoms with van der Waals surface area (Å²) in [5.41, 5.74) is 3.11. The maximum atomic E-state index is 12.2. The summed E-state index contributed by atoms with van der Waals surface area (Å²) in [6.07, 6.45) is 0. The van der Waals surface area contributed by atoms with Gasteiger partial charge < -0.3 is 10.4 Å². The minimum absolute atomic E-state index is 0.177. The lowest BCUT2D eigenvalue weighted by molar-refractivity contribution is 0.102.